The van der Waals surface area contributed by atoms with Gasteiger partial charge in [0.05, 0.1) is 15.7 Å². The van der Waals surface area contributed by atoms with Crippen LogP contribution in [0.2, 0.25) is 10.0 Å². The highest BCUT2D eigenvalue weighted by molar-refractivity contribution is 7.80. The van der Waals surface area contributed by atoms with Gasteiger partial charge in [-0.25, -0.2) is 4.39 Å². The number of thiocarbonyl (C=S) groups is 1. The summed E-state index contributed by atoms with van der Waals surface area (Å²) in [5.41, 5.74) is 5.17. The van der Waals surface area contributed by atoms with Gasteiger partial charge in [0.1, 0.15) is 5.82 Å². The maximum absolute atomic E-state index is 13.1. The zero-order valence-electron chi connectivity index (χ0n) is 6.27. The van der Waals surface area contributed by atoms with Gasteiger partial charge in [0.15, 0.2) is 5.11 Å². The van der Waals surface area contributed by atoms with Crippen LogP contribution in [0, 0.1) is 5.82 Å². The molecule has 0 atom stereocenters. The molecule has 0 bridgehead atoms. The van der Waals surface area contributed by atoms with Gasteiger partial charge in [0.25, 0.3) is 0 Å². The topological polar surface area (TPSA) is 38.0 Å². The van der Waals surface area contributed by atoms with E-state index in [9.17, 15) is 4.39 Å². The fourth-order valence-electron chi connectivity index (χ4n) is 0.765. The lowest BCUT2D eigenvalue weighted by atomic mass is 10.3. The maximum Gasteiger partial charge on any atom is 0.168 e. The molecule has 6 heteroatoms. The Morgan fingerprint density at radius 1 is 1.46 bits per heavy atom. The van der Waals surface area contributed by atoms with E-state index in [-0.39, 0.29) is 20.8 Å². The van der Waals surface area contributed by atoms with Gasteiger partial charge in [-0.3, -0.25) is 0 Å². The number of hydrogen-bond donors (Lipinski definition) is 2. The molecule has 3 N–H and O–H groups in total. The lowest BCUT2D eigenvalue weighted by Crippen LogP contribution is -2.20. The highest BCUT2D eigenvalue weighted by Gasteiger charge is 2.10. The number of benzene rings is 1. The van der Waals surface area contributed by atoms with Crippen molar-refractivity contribution in [3.05, 3.63) is 28.0 Å². The SMILES string of the molecule is NC(=S)Nc1c(F)ccc(Cl)c1Cl. The zero-order valence-corrected chi connectivity index (χ0v) is 8.60. The number of anilines is 1. The molecule has 0 saturated carbocycles. The molecule has 0 aliphatic heterocycles. The molecule has 0 saturated heterocycles. The molecule has 1 aromatic rings. The standard InChI is InChI=1S/C7H5Cl2FN2S/c8-3-1-2-4(10)6(5(3)9)12-7(11)13/h1-2H,(H3,11,12,13). The molecule has 13 heavy (non-hydrogen) atoms. The second-order valence-corrected chi connectivity index (χ2v) is 3.43. The van der Waals surface area contributed by atoms with Crippen molar-refractivity contribution in [3.63, 3.8) is 0 Å². The lowest BCUT2D eigenvalue weighted by Gasteiger charge is -2.08. The monoisotopic (exact) mass is 238 g/mol. The first kappa shape index (κ1) is 10.5. The van der Waals surface area contributed by atoms with Gasteiger partial charge in [0, 0.05) is 0 Å². The van der Waals surface area contributed by atoms with Crippen molar-refractivity contribution >= 4 is 46.2 Å². The summed E-state index contributed by atoms with van der Waals surface area (Å²) in [4.78, 5) is 0. The molecule has 0 spiro atoms. The number of rotatable bonds is 1. The summed E-state index contributed by atoms with van der Waals surface area (Å²) in [6, 6.07) is 2.53. The largest absolute Gasteiger partial charge is 0.376 e. The van der Waals surface area contributed by atoms with Crippen molar-refractivity contribution in [1.29, 1.82) is 0 Å². The van der Waals surface area contributed by atoms with Crippen LogP contribution in [-0.2, 0) is 0 Å². The lowest BCUT2D eigenvalue weighted by molar-refractivity contribution is 0.632. The summed E-state index contributed by atoms with van der Waals surface area (Å²) < 4.78 is 13.1. The van der Waals surface area contributed by atoms with Crippen LogP contribution >= 0.6 is 35.4 Å². The van der Waals surface area contributed by atoms with Crippen LogP contribution < -0.4 is 11.1 Å². The summed E-state index contributed by atoms with van der Waals surface area (Å²) in [5.74, 6) is -0.554. The van der Waals surface area contributed by atoms with Gasteiger partial charge in [-0.05, 0) is 24.4 Å². The second-order valence-electron chi connectivity index (χ2n) is 2.21. The predicted octanol–water partition coefficient (Wildman–Crippen LogP) is 2.79. The molecule has 0 radical (unpaired) electrons. The van der Waals surface area contributed by atoms with Crippen LogP contribution in [0.5, 0.6) is 0 Å². The van der Waals surface area contributed by atoms with Gasteiger partial charge in [-0.2, -0.15) is 0 Å². The summed E-state index contributed by atoms with van der Waals surface area (Å²) in [5, 5.41) is 2.64. The van der Waals surface area contributed by atoms with E-state index in [2.05, 4.69) is 17.5 Å². The van der Waals surface area contributed by atoms with E-state index in [1.807, 2.05) is 0 Å². The quantitative estimate of drug-likeness (QED) is 0.584. The van der Waals surface area contributed by atoms with Crippen LogP contribution in [0.4, 0.5) is 10.1 Å². The van der Waals surface area contributed by atoms with Crippen LogP contribution in [0.25, 0.3) is 0 Å². The normalized spacial score (nSPS) is 9.77. The summed E-state index contributed by atoms with van der Waals surface area (Å²) in [6.07, 6.45) is 0. The van der Waals surface area contributed by atoms with E-state index in [4.69, 9.17) is 28.9 Å². The number of hydrogen-bond acceptors (Lipinski definition) is 1. The minimum Gasteiger partial charge on any atom is -0.376 e. The van der Waals surface area contributed by atoms with Crippen molar-refractivity contribution in [2.45, 2.75) is 0 Å². The zero-order chi connectivity index (χ0) is 10.0. The molecular weight excluding hydrogens is 234 g/mol. The third-order valence-electron chi connectivity index (χ3n) is 1.29. The first-order valence-electron chi connectivity index (χ1n) is 3.22. The Bertz CT molecular complexity index is 357. The minimum atomic E-state index is -0.554. The van der Waals surface area contributed by atoms with Gasteiger partial charge in [-0.15, -0.1) is 0 Å². The highest BCUT2D eigenvalue weighted by Crippen LogP contribution is 2.31. The van der Waals surface area contributed by atoms with Gasteiger partial charge >= 0.3 is 0 Å². The van der Waals surface area contributed by atoms with E-state index in [1.165, 1.54) is 12.1 Å². The molecular formula is C7H5Cl2FN2S. The van der Waals surface area contributed by atoms with E-state index >= 15 is 0 Å². The Morgan fingerprint density at radius 2 is 2.08 bits per heavy atom. The van der Waals surface area contributed by atoms with Crippen molar-refractivity contribution in [3.8, 4) is 0 Å². The molecule has 0 aromatic heterocycles. The Morgan fingerprint density at radius 3 is 2.62 bits per heavy atom. The van der Waals surface area contributed by atoms with Crippen LogP contribution in [0.1, 0.15) is 0 Å². The van der Waals surface area contributed by atoms with Crippen molar-refractivity contribution in [2.75, 3.05) is 5.32 Å². The molecule has 1 rings (SSSR count). The average Bonchev–Trinajstić information content (AvgIpc) is 2.05. The van der Waals surface area contributed by atoms with Crippen molar-refractivity contribution in [1.82, 2.24) is 0 Å². The Labute approximate surface area is 89.8 Å². The van der Waals surface area contributed by atoms with Crippen LogP contribution in [0.15, 0.2) is 12.1 Å². The van der Waals surface area contributed by atoms with Gasteiger partial charge in [0.2, 0.25) is 0 Å². The Kier molecular flexibility index (Phi) is 3.30. The molecule has 2 nitrogen and oxygen atoms in total. The Balaban J connectivity index is 3.17. The average molecular weight is 239 g/mol. The molecule has 0 aliphatic carbocycles. The maximum atomic E-state index is 13.1. The van der Waals surface area contributed by atoms with Gasteiger partial charge < -0.3 is 11.1 Å². The first-order chi connectivity index (χ1) is 6.02. The van der Waals surface area contributed by atoms with Crippen molar-refractivity contribution in [2.24, 2.45) is 5.73 Å². The van der Waals surface area contributed by atoms with E-state index in [1.54, 1.807) is 0 Å². The van der Waals surface area contributed by atoms with Gasteiger partial charge in [-0.1, -0.05) is 23.2 Å². The van der Waals surface area contributed by atoms with E-state index < -0.39 is 5.82 Å². The first-order valence-corrected chi connectivity index (χ1v) is 4.38. The summed E-state index contributed by atoms with van der Waals surface area (Å²) in [7, 11) is 0. The van der Waals surface area contributed by atoms with Crippen molar-refractivity contribution < 1.29 is 4.39 Å². The molecule has 0 amide bonds. The molecule has 0 fully saturated rings. The molecule has 0 aliphatic rings. The third kappa shape index (κ3) is 2.43. The minimum absolute atomic E-state index is 0.00154. The van der Waals surface area contributed by atoms with E-state index in [0.29, 0.717) is 0 Å². The summed E-state index contributed by atoms with van der Waals surface area (Å²) >= 11 is 15.9. The number of nitrogens with two attached hydrogens (primary N) is 1. The molecule has 1 aromatic carbocycles. The number of nitrogens with one attached hydrogen (secondary N) is 1. The van der Waals surface area contributed by atoms with Crippen LogP contribution in [-0.4, -0.2) is 5.11 Å². The van der Waals surface area contributed by atoms with Crippen LogP contribution in [0.3, 0.4) is 0 Å². The fourth-order valence-corrected chi connectivity index (χ4v) is 1.22. The predicted molar refractivity (Wildman–Crippen MR) is 56.8 cm³/mol. The second kappa shape index (κ2) is 4.09. The number of halogens is 3. The molecule has 0 heterocycles. The smallest absolute Gasteiger partial charge is 0.168 e. The molecule has 0 unspecified atom stereocenters. The molecule has 70 valence electrons. The Hall–Kier alpha value is -0.580. The third-order valence-corrected chi connectivity index (χ3v) is 2.20. The highest BCUT2D eigenvalue weighted by atomic mass is 35.5. The summed E-state index contributed by atoms with van der Waals surface area (Å²) in [6.45, 7) is 0. The fraction of sp³-hybridized carbons (Fsp3) is 0. The van der Waals surface area contributed by atoms with E-state index in [0.717, 1.165) is 0 Å².